The fourth-order valence-electron chi connectivity index (χ4n) is 1.92. The molecule has 1 aromatic carbocycles. The number of nitrogen functional groups attached to an aromatic ring is 1. The molecule has 0 saturated heterocycles. The van der Waals surface area contributed by atoms with E-state index < -0.39 is 0 Å². The highest BCUT2D eigenvalue weighted by Gasteiger charge is 2.09. The molecule has 0 amide bonds. The lowest BCUT2D eigenvalue weighted by molar-refractivity contribution is 0.689. The standard InChI is InChI=1S/C14H12ClN3S/c15-12-3-1-10(2-4-12)7-18-8-13(16)14(17-18)11-5-6-19-9-11/h1-6,8-9H,7,16H2. The smallest absolute Gasteiger partial charge is 0.116 e. The van der Waals surface area contributed by atoms with Gasteiger partial charge in [0.05, 0.1) is 12.2 Å². The summed E-state index contributed by atoms with van der Waals surface area (Å²) in [4.78, 5) is 0. The molecular formula is C14H12ClN3S. The van der Waals surface area contributed by atoms with E-state index in [4.69, 9.17) is 17.3 Å². The first-order valence-electron chi connectivity index (χ1n) is 5.82. The zero-order valence-corrected chi connectivity index (χ0v) is 11.7. The number of anilines is 1. The van der Waals surface area contributed by atoms with Crippen molar-refractivity contribution in [2.75, 3.05) is 5.73 Å². The molecule has 3 rings (SSSR count). The summed E-state index contributed by atoms with van der Waals surface area (Å²) in [5, 5.41) is 9.34. The molecule has 0 unspecified atom stereocenters. The molecule has 96 valence electrons. The van der Waals surface area contributed by atoms with Crippen molar-refractivity contribution >= 4 is 28.6 Å². The van der Waals surface area contributed by atoms with Crippen LogP contribution in [0.5, 0.6) is 0 Å². The van der Waals surface area contributed by atoms with Crippen LogP contribution in [0, 0.1) is 0 Å². The Morgan fingerprint density at radius 2 is 2.00 bits per heavy atom. The fourth-order valence-corrected chi connectivity index (χ4v) is 2.68. The van der Waals surface area contributed by atoms with Gasteiger partial charge in [-0.3, -0.25) is 4.68 Å². The first kappa shape index (κ1) is 12.3. The molecule has 0 spiro atoms. The SMILES string of the molecule is Nc1cn(Cc2ccc(Cl)cc2)nc1-c1ccsc1. The molecule has 0 aliphatic rings. The van der Waals surface area contributed by atoms with Crippen molar-refractivity contribution in [3.8, 4) is 11.3 Å². The number of halogens is 1. The van der Waals surface area contributed by atoms with Gasteiger partial charge >= 0.3 is 0 Å². The van der Waals surface area contributed by atoms with E-state index in [9.17, 15) is 0 Å². The normalized spacial score (nSPS) is 10.8. The van der Waals surface area contributed by atoms with E-state index in [0.717, 1.165) is 21.8 Å². The Labute approximate surface area is 120 Å². The average molecular weight is 290 g/mol. The maximum absolute atomic E-state index is 6.01. The van der Waals surface area contributed by atoms with Gasteiger partial charge in [0.15, 0.2) is 0 Å². The van der Waals surface area contributed by atoms with E-state index in [1.54, 1.807) is 11.3 Å². The summed E-state index contributed by atoms with van der Waals surface area (Å²) in [6.45, 7) is 0.686. The number of hydrogen-bond donors (Lipinski definition) is 1. The minimum Gasteiger partial charge on any atom is -0.396 e. The van der Waals surface area contributed by atoms with Crippen LogP contribution in [0.1, 0.15) is 5.56 Å². The Kier molecular flexibility index (Phi) is 3.27. The van der Waals surface area contributed by atoms with E-state index in [2.05, 4.69) is 5.10 Å². The summed E-state index contributed by atoms with van der Waals surface area (Å²) in [6.07, 6.45) is 1.86. The number of thiophene rings is 1. The highest BCUT2D eigenvalue weighted by atomic mass is 35.5. The third-order valence-corrected chi connectivity index (χ3v) is 3.78. The number of hydrogen-bond acceptors (Lipinski definition) is 3. The van der Waals surface area contributed by atoms with Crippen molar-refractivity contribution in [3.63, 3.8) is 0 Å². The lowest BCUT2D eigenvalue weighted by Gasteiger charge is -2.01. The van der Waals surface area contributed by atoms with E-state index in [-0.39, 0.29) is 0 Å². The Balaban J connectivity index is 1.87. The second kappa shape index (κ2) is 5.07. The zero-order chi connectivity index (χ0) is 13.2. The molecule has 2 aromatic heterocycles. The quantitative estimate of drug-likeness (QED) is 0.795. The summed E-state index contributed by atoms with van der Waals surface area (Å²) in [5.74, 6) is 0. The van der Waals surface area contributed by atoms with Gasteiger partial charge in [0.25, 0.3) is 0 Å². The number of aromatic nitrogens is 2. The van der Waals surface area contributed by atoms with E-state index in [1.165, 1.54) is 0 Å². The van der Waals surface area contributed by atoms with Crippen molar-refractivity contribution in [2.45, 2.75) is 6.54 Å². The van der Waals surface area contributed by atoms with Crippen molar-refractivity contribution in [1.29, 1.82) is 0 Å². The van der Waals surface area contributed by atoms with Crippen LogP contribution in [-0.4, -0.2) is 9.78 Å². The van der Waals surface area contributed by atoms with Crippen molar-refractivity contribution in [3.05, 3.63) is 57.9 Å². The predicted molar refractivity (Wildman–Crippen MR) is 80.5 cm³/mol. The van der Waals surface area contributed by atoms with Gasteiger partial charge in [-0.15, -0.1) is 0 Å². The van der Waals surface area contributed by atoms with Crippen LogP contribution in [0.25, 0.3) is 11.3 Å². The molecule has 0 saturated carbocycles. The summed E-state index contributed by atoms with van der Waals surface area (Å²) in [6, 6.07) is 9.76. The lowest BCUT2D eigenvalue weighted by atomic mass is 10.2. The molecule has 2 heterocycles. The van der Waals surface area contributed by atoms with Crippen LogP contribution >= 0.6 is 22.9 Å². The average Bonchev–Trinajstić information content (AvgIpc) is 3.01. The highest BCUT2D eigenvalue weighted by molar-refractivity contribution is 7.08. The molecule has 3 nitrogen and oxygen atoms in total. The molecular weight excluding hydrogens is 278 g/mol. The third kappa shape index (κ3) is 2.64. The first-order valence-corrected chi connectivity index (χ1v) is 7.14. The van der Waals surface area contributed by atoms with Crippen molar-refractivity contribution < 1.29 is 0 Å². The fraction of sp³-hybridized carbons (Fsp3) is 0.0714. The van der Waals surface area contributed by atoms with Gasteiger partial charge in [0.1, 0.15) is 5.69 Å². The zero-order valence-electron chi connectivity index (χ0n) is 10.1. The monoisotopic (exact) mass is 289 g/mol. The van der Waals surface area contributed by atoms with Gasteiger partial charge in [-0.2, -0.15) is 16.4 Å². The number of nitrogens with two attached hydrogens (primary N) is 1. The maximum Gasteiger partial charge on any atom is 0.116 e. The second-order valence-electron chi connectivity index (χ2n) is 4.27. The molecule has 2 N–H and O–H groups in total. The minimum atomic E-state index is 0.686. The second-order valence-corrected chi connectivity index (χ2v) is 5.49. The van der Waals surface area contributed by atoms with Gasteiger partial charge in [0, 0.05) is 22.2 Å². The minimum absolute atomic E-state index is 0.686. The van der Waals surface area contributed by atoms with Crippen LogP contribution < -0.4 is 5.73 Å². The van der Waals surface area contributed by atoms with Crippen LogP contribution in [0.2, 0.25) is 5.02 Å². The Morgan fingerprint density at radius 1 is 1.21 bits per heavy atom. The molecule has 0 aliphatic carbocycles. The molecule has 0 bridgehead atoms. The van der Waals surface area contributed by atoms with Gasteiger partial charge in [0.2, 0.25) is 0 Å². The summed E-state index contributed by atoms with van der Waals surface area (Å²) >= 11 is 7.51. The molecule has 0 aliphatic heterocycles. The third-order valence-electron chi connectivity index (χ3n) is 2.84. The molecule has 19 heavy (non-hydrogen) atoms. The van der Waals surface area contributed by atoms with Crippen molar-refractivity contribution in [1.82, 2.24) is 9.78 Å². The van der Waals surface area contributed by atoms with Crippen molar-refractivity contribution in [2.24, 2.45) is 0 Å². The molecule has 0 fully saturated rings. The first-order chi connectivity index (χ1) is 9.22. The molecule has 0 radical (unpaired) electrons. The van der Waals surface area contributed by atoms with Gasteiger partial charge in [-0.25, -0.2) is 0 Å². The Bertz CT molecular complexity index is 671. The van der Waals surface area contributed by atoms with Crippen LogP contribution in [0.4, 0.5) is 5.69 Å². The maximum atomic E-state index is 6.01. The highest BCUT2D eigenvalue weighted by Crippen LogP contribution is 2.26. The molecule has 5 heteroatoms. The molecule has 3 aromatic rings. The van der Waals surface area contributed by atoms with Crippen LogP contribution in [0.15, 0.2) is 47.3 Å². The molecule has 0 atom stereocenters. The number of rotatable bonds is 3. The van der Waals surface area contributed by atoms with Crippen LogP contribution in [0.3, 0.4) is 0 Å². The number of benzene rings is 1. The number of nitrogens with zero attached hydrogens (tertiary/aromatic N) is 2. The van der Waals surface area contributed by atoms with E-state index >= 15 is 0 Å². The lowest BCUT2D eigenvalue weighted by Crippen LogP contribution is -2.00. The van der Waals surface area contributed by atoms with Gasteiger partial charge in [-0.05, 0) is 29.1 Å². The van der Waals surface area contributed by atoms with Crippen LogP contribution in [-0.2, 0) is 6.54 Å². The topological polar surface area (TPSA) is 43.8 Å². The summed E-state index contributed by atoms with van der Waals surface area (Å²) in [7, 11) is 0. The van der Waals surface area contributed by atoms with Gasteiger partial charge in [-0.1, -0.05) is 23.7 Å². The largest absolute Gasteiger partial charge is 0.396 e. The van der Waals surface area contributed by atoms with Gasteiger partial charge < -0.3 is 5.73 Å². The predicted octanol–water partition coefficient (Wildman–Crippen LogP) is 3.90. The Morgan fingerprint density at radius 3 is 2.68 bits per heavy atom. The summed E-state index contributed by atoms with van der Waals surface area (Å²) < 4.78 is 1.85. The Hall–Kier alpha value is -1.78. The summed E-state index contributed by atoms with van der Waals surface area (Å²) in [5.41, 5.74) is 9.76. The van der Waals surface area contributed by atoms with E-state index in [0.29, 0.717) is 12.2 Å². The van der Waals surface area contributed by atoms with E-state index in [1.807, 2.05) is 52.0 Å².